The summed E-state index contributed by atoms with van der Waals surface area (Å²) in [4.78, 5) is 4.64. The third-order valence-electron chi connectivity index (χ3n) is 4.58. The zero-order valence-electron chi connectivity index (χ0n) is 13.7. The molecule has 4 rings (SSSR count). The molecule has 0 radical (unpaired) electrons. The van der Waals surface area contributed by atoms with Gasteiger partial charge in [-0.3, -0.25) is 4.98 Å². The highest BCUT2D eigenvalue weighted by Gasteiger charge is 2.25. The van der Waals surface area contributed by atoms with Crippen molar-refractivity contribution in [2.45, 2.75) is 13.3 Å². The second-order valence-electron chi connectivity index (χ2n) is 5.97. The van der Waals surface area contributed by atoms with E-state index in [1.54, 1.807) is 0 Å². The Kier molecular flexibility index (Phi) is 3.84. The molecule has 116 valence electrons. The van der Waals surface area contributed by atoms with E-state index < -0.39 is 0 Å². The average molecular weight is 309 g/mol. The molecule has 1 heteroatoms. The lowest BCUT2D eigenvalue weighted by Gasteiger charge is -2.12. The first-order valence-corrected chi connectivity index (χ1v) is 8.33. The fourth-order valence-corrected chi connectivity index (χ4v) is 3.53. The van der Waals surface area contributed by atoms with Crippen LogP contribution < -0.4 is 0 Å². The van der Waals surface area contributed by atoms with Crippen molar-refractivity contribution in [3.05, 3.63) is 113 Å². The van der Waals surface area contributed by atoms with E-state index in [4.69, 9.17) is 0 Å². The highest BCUT2D eigenvalue weighted by atomic mass is 14.7. The van der Waals surface area contributed by atoms with E-state index in [2.05, 4.69) is 84.7 Å². The SMILES string of the molecule is C/C=C(/C1=C(c2ccccn2)c2ccccc2C1)c1ccccc1. The predicted molar refractivity (Wildman–Crippen MR) is 100 cm³/mol. The van der Waals surface area contributed by atoms with E-state index in [1.165, 1.54) is 33.4 Å². The van der Waals surface area contributed by atoms with Gasteiger partial charge >= 0.3 is 0 Å². The highest BCUT2D eigenvalue weighted by molar-refractivity contribution is 5.98. The maximum absolute atomic E-state index is 4.64. The Labute approximate surface area is 143 Å². The minimum atomic E-state index is 0.955. The summed E-state index contributed by atoms with van der Waals surface area (Å²) in [5.41, 5.74) is 8.92. The summed E-state index contributed by atoms with van der Waals surface area (Å²) in [5.74, 6) is 0. The van der Waals surface area contributed by atoms with Crippen molar-refractivity contribution in [1.29, 1.82) is 0 Å². The number of aromatic nitrogens is 1. The Hall–Kier alpha value is -2.93. The minimum Gasteiger partial charge on any atom is -0.256 e. The monoisotopic (exact) mass is 309 g/mol. The topological polar surface area (TPSA) is 12.9 Å². The van der Waals surface area contributed by atoms with Gasteiger partial charge in [-0.05, 0) is 53.3 Å². The second-order valence-corrected chi connectivity index (χ2v) is 5.97. The summed E-state index contributed by atoms with van der Waals surface area (Å²) in [7, 11) is 0. The molecule has 1 aromatic heterocycles. The van der Waals surface area contributed by atoms with Crippen LogP contribution in [0.3, 0.4) is 0 Å². The average Bonchev–Trinajstić information content (AvgIpc) is 3.03. The smallest absolute Gasteiger partial charge is 0.0711 e. The van der Waals surface area contributed by atoms with Crippen LogP contribution in [-0.2, 0) is 6.42 Å². The Morgan fingerprint density at radius 3 is 2.38 bits per heavy atom. The molecule has 0 N–H and O–H groups in total. The van der Waals surface area contributed by atoms with Crippen LogP contribution >= 0.6 is 0 Å². The van der Waals surface area contributed by atoms with Crippen LogP contribution in [0.4, 0.5) is 0 Å². The van der Waals surface area contributed by atoms with Gasteiger partial charge in [0.15, 0.2) is 0 Å². The first-order chi connectivity index (χ1) is 11.9. The van der Waals surface area contributed by atoms with Gasteiger partial charge < -0.3 is 0 Å². The Morgan fingerprint density at radius 1 is 0.875 bits per heavy atom. The number of rotatable bonds is 3. The lowest BCUT2D eigenvalue weighted by molar-refractivity contribution is 1.24. The molecule has 0 unspecified atom stereocenters. The van der Waals surface area contributed by atoms with Crippen molar-refractivity contribution in [1.82, 2.24) is 4.98 Å². The van der Waals surface area contributed by atoms with Gasteiger partial charge in [-0.15, -0.1) is 0 Å². The third-order valence-corrected chi connectivity index (χ3v) is 4.58. The van der Waals surface area contributed by atoms with Gasteiger partial charge in [0.1, 0.15) is 0 Å². The number of hydrogen-bond acceptors (Lipinski definition) is 1. The van der Waals surface area contributed by atoms with E-state index in [-0.39, 0.29) is 0 Å². The van der Waals surface area contributed by atoms with E-state index in [1.807, 2.05) is 12.3 Å². The van der Waals surface area contributed by atoms with Gasteiger partial charge in [0.25, 0.3) is 0 Å². The fourth-order valence-electron chi connectivity index (χ4n) is 3.53. The number of allylic oxidation sites excluding steroid dienone is 3. The maximum atomic E-state index is 4.64. The van der Waals surface area contributed by atoms with Gasteiger partial charge in [0.05, 0.1) is 5.69 Å². The zero-order chi connectivity index (χ0) is 16.4. The van der Waals surface area contributed by atoms with Gasteiger partial charge in [0, 0.05) is 11.8 Å². The van der Waals surface area contributed by atoms with Gasteiger partial charge in [-0.25, -0.2) is 0 Å². The molecule has 1 aliphatic carbocycles. The summed E-state index contributed by atoms with van der Waals surface area (Å²) >= 11 is 0. The number of nitrogens with zero attached hydrogens (tertiary/aromatic N) is 1. The van der Waals surface area contributed by atoms with E-state index >= 15 is 0 Å². The third kappa shape index (κ3) is 2.48. The van der Waals surface area contributed by atoms with Crippen molar-refractivity contribution in [3.8, 4) is 0 Å². The molecule has 0 spiro atoms. The van der Waals surface area contributed by atoms with Crippen LogP contribution in [0.1, 0.15) is 29.3 Å². The largest absolute Gasteiger partial charge is 0.256 e. The van der Waals surface area contributed by atoms with Gasteiger partial charge in [-0.2, -0.15) is 0 Å². The Bertz CT molecular complexity index is 919. The lowest BCUT2D eigenvalue weighted by atomic mass is 9.92. The number of hydrogen-bond donors (Lipinski definition) is 0. The van der Waals surface area contributed by atoms with Crippen molar-refractivity contribution in [3.63, 3.8) is 0 Å². The maximum Gasteiger partial charge on any atom is 0.0711 e. The highest BCUT2D eigenvalue weighted by Crippen LogP contribution is 2.42. The van der Waals surface area contributed by atoms with Crippen LogP contribution in [0, 0.1) is 0 Å². The molecule has 0 aliphatic heterocycles. The second kappa shape index (κ2) is 6.29. The molecular weight excluding hydrogens is 290 g/mol. The molecule has 0 saturated heterocycles. The predicted octanol–water partition coefficient (Wildman–Crippen LogP) is 5.54. The summed E-state index contributed by atoms with van der Waals surface area (Å²) in [6.07, 6.45) is 5.05. The molecule has 0 fully saturated rings. The van der Waals surface area contributed by atoms with Crippen LogP contribution in [0.2, 0.25) is 0 Å². The number of pyridine rings is 1. The van der Waals surface area contributed by atoms with Crippen LogP contribution in [0.5, 0.6) is 0 Å². The number of benzene rings is 2. The Balaban J connectivity index is 1.94. The van der Waals surface area contributed by atoms with Crippen molar-refractivity contribution >= 4 is 11.1 Å². The summed E-state index contributed by atoms with van der Waals surface area (Å²) in [6, 6.07) is 25.4. The normalized spacial score (nSPS) is 14.0. The van der Waals surface area contributed by atoms with Crippen molar-refractivity contribution in [2.24, 2.45) is 0 Å². The molecule has 2 aromatic carbocycles. The molecule has 0 atom stereocenters. The van der Waals surface area contributed by atoms with Crippen LogP contribution in [0.25, 0.3) is 11.1 Å². The van der Waals surface area contributed by atoms with Crippen LogP contribution in [0.15, 0.2) is 90.6 Å². The fraction of sp³-hybridized carbons (Fsp3) is 0.0870. The van der Waals surface area contributed by atoms with Gasteiger partial charge in [-0.1, -0.05) is 66.7 Å². The van der Waals surface area contributed by atoms with E-state index in [9.17, 15) is 0 Å². The first-order valence-electron chi connectivity index (χ1n) is 8.33. The molecule has 1 heterocycles. The molecule has 3 aromatic rings. The minimum absolute atomic E-state index is 0.955. The first kappa shape index (κ1) is 14.6. The standard InChI is InChI=1S/C23H19N/c1-2-19(17-10-4-3-5-11-17)21-16-18-12-6-7-13-20(18)23(21)22-14-8-9-15-24-22/h2-15H,16H2,1H3/b19-2+. The lowest BCUT2D eigenvalue weighted by Crippen LogP contribution is -1.95. The molecule has 1 aliphatic rings. The van der Waals surface area contributed by atoms with Crippen molar-refractivity contribution < 1.29 is 0 Å². The number of fused-ring (bicyclic) bond motifs is 1. The molecule has 0 saturated carbocycles. The Morgan fingerprint density at radius 2 is 1.62 bits per heavy atom. The molecule has 0 bridgehead atoms. The summed E-state index contributed by atoms with van der Waals surface area (Å²) < 4.78 is 0. The molecular formula is C23H19N. The van der Waals surface area contributed by atoms with E-state index in [0.29, 0.717) is 0 Å². The van der Waals surface area contributed by atoms with E-state index in [0.717, 1.165) is 12.1 Å². The van der Waals surface area contributed by atoms with Crippen molar-refractivity contribution in [2.75, 3.05) is 0 Å². The quantitative estimate of drug-likeness (QED) is 0.618. The molecule has 1 nitrogen and oxygen atoms in total. The summed E-state index contributed by atoms with van der Waals surface area (Å²) in [6.45, 7) is 2.12. The summed E-state index contributed by atoms with van der Waals surface area (Å²) in [5, 5.41) is 0. The molecule has 24 heavy (non-hydrogen) atoms. The molecule has 0 amide bonds. The zero-order valence-corrected chi connectivity index (χ0v) is 13.7. The van der Waals surface area contributed by atoms with Crippen LogP contribution in [-0.4, -0.2) is 4.98 Å². The van der Waals surface area contributed by atoms with Gasteiger partial charge in [0.2, 0.25) is 0 Å².